The maximum Gasteiger partial charge on any atom is 0.416 e. The Hall–Kier alpha value is -1.90. The Morgan fingerprint density at radius 1 is 0.857 bits per heavy atom. The Bertz CT molecular complexity index is 861. The van der Waals surface area contributed by atoms with E-state index in [4.69, 9.17) is 0 Å². The van der Waals surface area contributed by atoms with Crippen molar-refractivity contribution in [2.75, 3.05) is 32.7 Å². The Kier molecular flexibility index (Phi) is 6.42. The summed E-state index contributed by atoms with van der Waals surface area (Å²) in [6.45, 7) is 2.82. The van der Waals surface area contributed by atoms with E-state index in [1.165, 1.54) is 9.87 Å². The maximum atomic E-state index is 12.7. The average molecular weight is 412 g/mol. The van der Waals surface area contributed by atoms with Gasteiger partial charge in [-0.3, -0.25) is 0 Å². The van der Waals surface area contributed by atoms with Gasteiger partial charge < -0.3 is 4.90 Å². The lowest BCUT2D eigenvalue weighted by atomic mass is 10.1. The van der Waals surface area contributed by atoms with Crippen LogP contribution >= 0.6 is 0 Å². The first-order chi connectivity index (χ1) is 13.3. The number of hydrogen-bond acceptors (Lipinski definition) is 3. The summed E-state index contributed by atoms with van der Waals surface area (Å²) in [5.41, 5.74) is 0.431. The molecule has 0 atom stereocenters. The molecule has 0 spiro atoms. The molecule has 3 rings (SSSR count). The van der Waals surface area contributed by atoms with Gasteiger partial charge in [0.25, 0.3) is 0 Å². The number of alkyl halides is 3. The average Bonchev–Trinajstić information content (AvgIpc) is 2.69. The van der Waals surface area contributed by atoms with Crippen molar-refractivity contribution < 1.29 is 21.6 Å². The van der Waals surface area contributed by atoms with Gasteiger partial charge in [0.05, 0.1) is 10.5 Å². The van der Waals surface area contributed by atoms with Crippen molar-refractivity contribution in [3.05, 3.63) is 65.7 Å². The second-order valence-corrected chi connectivity index (χ2v) is 8.79. The van der Waals surface area contributed by atoms with Gasteiger partial charge in [-0.05, 0) is 49.2 Å². The number of sulfonamides is 1. The molecule has 1 saturated heterocycles. The van der Waals surface area contributed by atoms with E-state index in [-0.39, 0.29) is 4.90 Å². The van der Waals surface area contributed by atoms with E-state index < -0.39 is 21.8 Å². The highest BCUT2D eigenvalue weighted by molar-refractivity contribution is 7.89. The zero-order valence-corrected chi connectivity index (χ0v) is 16.2. The van der Waals surface area contributed by atoms with Gasteiger partial charge in [0.2, 0.25) is 10.0 Å². The van der Waals surface area contributed by atoms with Crippen molar-refractivity contribution >= 4 is 10.0 Å². The van der Waals surface area contributed by atoms with Crippen LogP contribution in [-0.2, 0) is 22.6 Å². The molecule has 28 heavy (non-hydrogen) atoms. The molecular weight excluding hydrogens is 389 g/mol. The molecule has 0 saturated carbocycles. The van der Waals surface area contributed by atoms with E-state index in [9.17, 15) is 21.6 Å². The predicted molar refractivity (Wildman–Crippen MR) is 101 cm³/mol. The van der Waals surface area contributed by atoms with Crippen LogP contribution < -0.4 is 0 Å². The van der Waals surface area contributed by atoms with Crippen LogP contribution in [0.4, 0.5) is 13.2 Å². The van der Waals surface area contributed by atoms with Gasteiger partial charge in [-0.2, -0.15) is 17.5 Å². The number of aryl methyl sites for hydroxylation is 1. The summed E-state index contributed by atoms with van der Waals surface area (Å²) >= 11 is 0. The van der Waals surface area contributed by atoms with E-state index in [1.54, 1.807) is 0 Å². The number of rotatable bonds is 6. The molecule has 0 amide bonds. The van der Waals surface area contributed by atoms with E-state index in [0.717, 1.165) is 43.7 Å². The lowest BCUT2D eigenvalue weighted by Crippen LogP contribution is -2.48. The molecule has 8 heteroatoms. The normalized spacial score (nSPS) is 17.0. The van der Waals surface area contributed by atoms with Crippen LogP contribution in [0.2, 0.25) is 0 Å². The standard InChI is InChI=1S/C20H23F3N2O2S/c21-20(22,23)18-8-10-19(11-9-18)28(26,27)25-15-13-24(14-16-25)12-4-7-17-5-2-1-3-6-17/h1-3,5-6,8-11H,4,7,12-16H2. The fourth-order valence-electron chi connectivity index (χ4n) is 3.31. The minimum atomic E-state index is -4.48. The van der Waals surface area contributed by atoms with E-state index in [0.29, 0.717) is 26.2 Å². The molecule has 0 N–H and O–H groups in total. The number of halogens is 3. The summed E-state index contributed by atoms with van der Waals surface area (Å²) in [7, 11) is -3.77. The quantitative estimate of drug-likeness (QED) is 0.727. The van der Waals surface area contributed by atoms with Gasteiger partial charge >= 0.3 is 6.18 Å². The Morgan fingerprint density at radius 2 is 1.46 bits per heavy atom. The first-order valence-corrected chi connectivity index (χ1v) is 10.6. The summed E-state index contributed by atoms with van der Waals surface area (Å²) in [6.07, 6.45) is -2.51. The third-order valence-electron chi connectivity index (χ3n) is 4.93. The van der Waals surface area contributed by atoms with Gasteiger partial charge in [-0.1, -0.05) is 30.3 Å². The minimum absolute atomic E-state index is 0.0990. The summed E-state index contributed by atoms with van der Waals surface area (Å²) in [5.74, 6) is 0. The lowest BCUT2D eigenvalue weighted by Gasteiger charge is -2.34. The van der Waals surface area contributed by atoms with Crippen LogP contribution in [-0.4, -0.2) is 50.3 Å². The molecule has 1 aliphatic rings. The van der Waals surface area contributed by atoms with E-state index in [2.05, 4.69) is 17.0 Å². The SMILES string of the molecule is O=S(=O)(c1ccc(C(F)(F)F)cc1)N1CCN(CCCc2ccccc2)CC1. The first kappa shape index (κ1) is 20.8. The molecule has 1 aliphatic heterocycles. The van der Waals surface area contributed by atoms with Crippen LogP contribution in [0, 0.1) is 0 Å². The van der Waals surface area contributed by atoms with Crippen LogP contribution in [0.15, 0.2) is 59.5 Å². The topological polar surface area (TPSA) is 40.6 Å². The van der Waals surface area contributed by atoms with Crippen LogP contribution in [0.25, 0.3) is 0 Å². The van der Waals surface area contributed by atoms with Crippen molar-refractivity contribution in [2.45, 2.75) is 23.9 Å². The Morgan fingerprint density at radius 3 is 2.04 bits per heavy atom. The summed E-state index contributed by atoms with van der Waals surface area (Å²) in [5, 5.41) is 0. The van der Waals surface area contributed by atoms with Crippen molar-refractivity contribution in [3.63, 3.8) is 0 Å². The zero-order chi connectivity index (χ0) is 20.2. The van der Waals surface area contributed by atoms with Crippen molar-refractivity contribution in [2.24, 2.45) is 0 Å². The van der Waals surface area contributed by atoms with Crippen molar-refractivity contribution in [1.29, 1.82) is 0 Å². The van der Waals surface area contributed by atoms with Crippen LogP contribution in [0.5, 0.6) is 0 Å². The zero-order valence-electron chi connectivity index (χ0n) is 15.4. The number of piperazine rings is 1. The van der Waals surface area contributed by atoms with Crippen molar-refractivity contribution in [3.8, 4) is 0 Å². The highest BCUT2D eigenvalue weighted by Crippen LogP contribution is 2.30. The smallest absolute Gasteiger partial charge is 0.301 e. The molecule has 0 aliphatic carbocycles. The maximum absolute atomic E-state index is 12.7. The van der Waals surface area contributed by atoms with Gasteiger partial charge in [0.1, 0.15) is 0 Å². The fourth-order valence-corrected chi connectivity index (χ4v) is 4.73. The molecule has 0 unspecified atom stereocenters. The van der Waals surface area contributed by atoms with Gasteiger partial charge in [-0.15, -0.1) is 0 Å². The number of benzene rings is 2. The molecule has 0 bridgehead atoms. The highest BCUT2D eigenvalue weighted by atomic mass is 32.2. The Labute approximate surface area is 163 Å². The van der Waals surface area contributed by atoms with Crippen LogP contribution in [0.3, 0.4) is 0 Å². The molecule has 1 fully saturated rings. The molecule has 152 valence electrons. The third kappa shape index (κ3) is 5.12. The molecule has 2 aromatic rings. The van der Waals surface area contributed by atoms with Crippen molar-refractivity contribution in [1.82, 2.24) is 9.21 Å². The third-order valence-corrected chi connectivity index (χ3v) is 6.85. The Balaban J connectivity index is 1.52. The molecule has 4 nitrogen and oxygen atoms in total. The molecule has 1 heterocycles. The van der Waals surface area contributed by atoms with Gasteiger partial charge in [0, 0.05) is 26.2 Å². The molecule has 0 aromatic heterocycles. The number of nitrogens with zero attached hydrogens (tertiary/aromatic N) is 2. The summed E-state index contributed by atoms with van der Waals surface area (Å²) in [4.78, 5) is 2.12. The first-order valence-electron chi connectivity index (χ1n) is 9.20. The minimum Gasteiger partial charge on any atom is -0.301 e. The molecular formula is C20H23F3N2O2S. The lowest BCUT2D eigenvalue weighted by molar-refractivity contribution is -0.137. The second kappa shape index (κ2) is 8.63. The molecule has 0 radical (unpaired) electrons. The molecule has 2 aromatic carbocycles. The van der Waals surface area contributed by atoms with Crippen LogP contribution in [0.1, 0.15) is 17.5 Å². The second-order valence-electron chi connectivity index (χ2n) is 6.86. The summed E-state index contributed by atoms with van der Waals surface area (Å²) in [6, 6.07) is 13.9. The van der Waals surface area contributed by atoms with E-state index in [1.807, 2.05) is 18.2 Å². The highest BCUT2D eigenvalue weighted by Gasteiger charge is 2.32. The monoisotopic (exact) mass is 412 g/mol. The predicted octanol–water partition coefficient (Wildman–Crippen LogP) is 3.64. The summed E-state index contributed by atoms with van der Waals surface area (Å²) < 4.78 is 64.7. The number of hydrogen-bond donors (Lipinski definition) is 0. The largest absolute Gasteiger partial charge is 0.416 e. The van der Waals surface area contributed by atoms with Gasteiger partial charge in [0.15, 0.2) is 0 Å². The van der Waals surface area contributed by atoms with E-state index >= 15 is 0 Å². The fraction of sp³-hybridized carbons (Fsp3) is 0.400. The van der Waals surface area contributed by atoms with Gasteiger partial charge in [-0.25, -0.2) is 8.42 Å².